The minimum atomic E-state index is -1.56. The number of hydrogen-bond acceptors (Lipinski definition) is 2. The highest BCUT2D eigenvalue weighted by Gasteiger charge is 2.28. The summed E-state index contributed by atoms with van der Waals surface area (Å²) in [5, 5.41) is 8.69. The molecule has 0 atom stereocenters. The molecule has 0 radical (unpaired) electrons. The molecular weight excluding hydrogens is 208 g/mol. The molecule has 0 aliphatic rings. The van der Waals surface area contributed by atoms with E-state index < -0.39 is 14.3 Å². The van der Waals surface area contributed by atoms with Crippen LogP contribution in [0.3, 0.4) is 0 Å². The van der Waals surface area contributed by atoms with Crippen molar-refractivity contribution in [3.63, 3.8) is 0 Å². The van der Waals surface area contributed by atoms with Crippen molar-refractivity contribution in [1.82, 2.24) is 0 Å². The number of carboxylic acid groups (broad SMARTS) is 1. The molecule has 15 heavy (non-hydrogen) atoms. The topological polar surface area (TPSA) is 46.5 Å². The van der Waals surface area contributed by atoms with Gasteiger partial charge in [-0.2, -0.15) is 0 Å². The summed E-state index contributed by atoms with van der Waals surface area (Å²) >= 11 is 0. The lowest BCUT2D eigenvalue weighted by molar-refractivity contribution is -0.132. The van der Waals surface area contributed by atoms with Crippen molar-refractivity contribution in [1.29, 1.82) is 0 Å². The van der Waals surface area contributed by atoms with Crippen LogP contribution in [0.15, 0.2) is 11.6 Å². The van der Waals surface area contributed by atoms with Gasteiger partial charge in [-0.25, -0.2) is 4.79 Å². The number of allylic oxidation sites excluding steroid dienone is 1. The second-order valence-corrected chi connectivity index (χ2v) is 8.51. The van der Waals surface area contributed by atoms with Crippen LogP contribution in [0.2, 0.25) is 18.1 Å². The Morgan fingerprint density at radius 3 is 2.27 bits per heavy atom. The monoisotopic (exact) mass is 230 g/mol. The van der Waals surface area contributed by atoms with E-state index in [0.29, 0.717) is 5.57 Å². The summed E-state index contributed by atoms with van der Waals surface area (Å²) in [5.41, 5.74) is 0.432. The first kappa shape index (κ1) is 14.4. The molecule has 0 saturated heterocycles. The number of rotatable bonds is 7. The molecule has 0 unspecified atom stereocenters. The van der Waals surface area contributed by atoms with Gasteiger partial charge in [0.2, 0.25) is 0 Å². The largest absolute Gasteiger partial charge is 0.478 e. The smallest absolute Gasteiger partial charge is 0.330 e. The van der Waals surface area contributed by atoms with Gasteiger partial charge in [-0.1, -0.05) is 19.9 Å². The van der Waals surface area contributed by atoms with E-state index in [1.165, 1.54) is 0 Å². The normalized spacial score (nSPS) is 12.9. The highest BCUT2D eigenvalue weighted by Crippen LogP contribution is 2.23. The molecule has 0 aromatic heterocycles. The van der Waals surface area contributed by atoms with E-state index >= 15 is 0 Å². The van der Waals surface area contributed by atoms with Crippen molar-refractivity contribution in [2.75, 3.05) is 7.11 Å². The van der Waals surface area contributed by atoms with Gasteiger partial charge in [0, 0.05) is 12.7 Å². The highest BCUT2D eigenvalue weighted by atomic mass is 28.4. The van der Waals surface area contributed by atoms with E-state index in [1.54, 1.807) is 20.1 Å². The molecule has 0 bridgehead atoms. The van der Waals surface area contributed by atoms with E-state index in [9.17, 15) is 4.79 Å². The van der Waals surface area contributed by atoms with Crippen molar-refractivity contribution in [2.24, 2.45) is 0 Å². The Balaban J connectivity index is 4.23. The van der Waals surface area contributed by atoms with Gasteiger partial charge in [0.05, 0.1) is 0 Å². The molecule has 0 heterocycles. The molecule has 0 amide bonds. The summed E-state index contributed by atoms with van der Waals surface area (Å²) in [5.74, 6) is -0.826. The van der Waals surface area contributed by atoms with Gasteiger partial charge < -0.3 is 9.53 Å². The van der Waals surface area contributed by atoms with Crippen LogP contribution in [0.5, 0.6) is 0 Å². The average Bonchev–Trinajstić information content (AvgIpc) is 2.24. The molecule has 0 aliphatic heterocycles. The number of carbonyl (C=O) groups is 1. The van der Waals surface area contributed by atoms with E-state index in [0.717, 1.165) is 24.6 Å². The minimum absolute atomic E-state index is 0.432. The first-order valence-electron chi connectivity index (χ1n) is 5.46. The number of hydrogen-bond donors (Lipinski definition) is 1. The fraction of sp³-hybridized carbons (Fsp3) is 0.727. The van der Waals surface area contributed by atoms with Crippen LogP contribution in [-0.2, 0) is 9.22 Å². The third-order valence-electron chi connectivity index (χ3n) is 3.11. The molecule has 88 valence electrons. The lowest BCUT2D eigenvalue weighted by Gasteiger charge is -2.26. The van der Waals surface area contributed by atoms with Crippen molar-refractivity contribution in [3.8, 4) is 0 Å². The molecule has 3 nitrogen and oxygen atoms in total. The van der Waals surface area contributed by atoms with E-state index in [-0.39, 0.29) is 0 Å². The molecule has 0 spiro atoms. The summed E-state index contributed by atoms with van der Waals surface area (Å²) in [7, 11) is 0.228. The van der Waals surface area contributed by atoms with Gasteiger partial charge in [-0.05, 0) is 31.5 Å². The number of aliphatic carboxylic acids is 1. The predicted octanol–water partition coefficient (Wildman–Crippen LogP) is 3.04. The molecule has 1 N–H and O–H groups in total. The summed E-state index contributed by atoms with van der Waals surface area (Å²) in [6.45, 7) is 5.95. The Kier molecular flexibility index (Phi) is 6.52. The number of carboxylic acids is 1. The van der Waals surface area contributed by atoms with Crippen LogP contribution < -0.4 is 0 Å². The summed E-state index contributed by atoms with van der Waals surface area (Å²) in [6.07, 6.45) is 2.62. The molecule has 0 saturated carbocycles. The van der Waals surface area contributed by atoms with Crippen molar-refractivity contribution in [3.05, 3.63) is 11.6 Å². The van der Waals surface area contributed by atoms with Gasteiger partial charge in [0.1, 0.15) is 0 Å². The molecule has 0 aliphatic carbocycles. The van der Waals surface area contributed by atoms with Crippen molar-refractivity contribution < 1.29 is 14.3 Å². The standard InChI is InChI=1S/C11H22O3Si/c1-5-15(6-2,14-4)9-7-8-10(3)11(12)13/h8H,5-7,9H2,1-4H3,(H,12,13). The van der Waals surface area contributed by atoms with E-state index in [4.69, 9.17) is 9.53 Å². The zero-order valence-electron chi connectivity index (χ0n) is 10.2. The fourth-order valence-electron chi connectivity index (χ4n) is 1.63. The lowest BCUT2D eigenvalue weighted by atomic mass is 10.2. The first-order valence-corrected chi connectivity index (χ1v) is 7.99. The van der Waals surface area contributed by atoms with E-state index in [2.05, 4.69) is 13.8 Å². The molecular formula is C11H22O3Si. The van der Waals surface area contributed by atoms with Gasteiger partial charge in [-0.15, -0.1) is 0 Å². The second-order valence-electron chi connectivity index (χ2n) is 3.83. The Hall–Kier alpha value is -0.613. The Labute approximate surface area is 93.3 Å². The zero-order chi connectivity index (χ0) is 11.9. The average molecular weight is 230 g/mol. The van der Waals surface area contributed by atoms with Crippen LogP contribution in [0.1, 0.15) is 27.2 Å². The first-order chi connectivity index (χ1) is 7.01. The van der Waals surface area contributed by atoms with Crippen LogP contribution in [0.25, 0.3) is 0 Å². The van der Waals surface area contributed by atoms with Gasteiger partial charge in [0.25, 0.3) is 0 Å². The Morgan fingerprint density at radius 1 is 1.40 bits per heavy atom. The fourth-order valence-corrected chi connectivity index (χ4v) is 4.29. The zero-order valence-corrected chi connectivity index (χ0v) is 11.2. The maximum atomic E-state index is 10.6. The maximum Gasteiger partial charge on any atom is 0.330 e. The molecule has 0 rings (SSSR count). The molecule has 0 aromatic carbocycles. The third-order valence-corrected chi connectivity index (χ3v) is 7.75. The maximum absolute atomic E-state index is 10.6. The van der Waals surface area contributed by atoms with Crippen molar-refractivity contribution in [2.45, 2.75) is 45.3 Å². The quantitative estimate of drug-likeness (QED) is 0.540. The second kappa shape index (κ2) is 6.79. The van der Waals surface area contributed by atoms with Crippen LogP contribution in [-0.4, -0.2) is 26.5 Å². The third kappa shape index (κ3) is 4.62. The predicted molar refractivity (Wildman–Crippen MR) is 64.5 cm³/mol. The van der Waals surface area contributed by atoms with Crippen molar-refractivity contribution >= 4 is 14.3 Å². The molecule has 0 fully saturated rings. The molecule has 4 heteroatoms. The van der Waals surface area contributed by atoms with Crippen LogP contribution in [0.4, 0.5) is 0 Å². The Bertz CT molecular complexity index is 224. The molecule has 0 aromatic rings. The summed E-state index contributed by atoms with van der Waals surface area (Å²) in [4.78, 5) is 10.6. The Morgan fingerprint density at radius 2 is 1.93 bits per heavy atom. The van der Waals surface area contributed by atoms with Crippen LogP contribution in [0, 0.1) is 0 Å². The van der Waals surface area contributed by atoms with Gasteiger partial charge >= 0.3 is 5.97 Å². The van der Waals surface area contributed by atoms with E-state index in [1.807, 2.05) is 0 Å². The minimum Gasteiger partial charge on any atom is -0.478 e. The SMILES string of the molecule is CC[Si](CC)(CCC=C(C)C(=O)O)OC. The lowest BCUT2D eigenvalue weighted by Crippen LogP contribution is -2.34. The van der Waals surface area contributed by atoms with Gasteiger partial charge in [-0.3, -0.25) is 0 Å². The summed E-state index contributed by atoms with van der Waals surface area (Å²) < 4.78 is 5.64. The van der Waals surface area contributed by atoms with Crippen LogP contribution >= 0.6 is 0 Å². The van der Waals surface area contributed by atoms with Gasteiger partial charge in [0.15, 0.2) is 8.32 Å². The highest BCUT2D eigenvalue weighted by molar-refractivity contribution is 6.73. The summed E-state index contributed by atoms with van der Waals surface area (Å²) in [6, 6.07) is 3.21.